The molecule has 1 saturated heterocycles. The average Bonchev–Trinajstić information content (AvgIpc) is 2.73. The SMILES string of the molecule is CC(=O)Nc1cccc(NC(=O)c2cccc(C(=O)N3CCN(C=O)CC3)c2)c1. The summed E-state index contributed by atoms with van der Waals surface area (Å²) in [6, 6.07) is 13.3. The molecule has 4 amide bonds. The normalized spacial score (nSPS) is 13.6. The summed E-state index contributed by atoms with van der Waals surface area (Å²) >= 11 is 0. The Labute approximate surface area is 168 Å². The number of carbonyl (C=O) groups is 4. The van der Waals surface area contributed by atoms with Crippen LogP contribution in [0.15, 0.2) is 48.5 Å². The van der Waals surface area contributed by atoms with Gasteiger partial charge in [-0.05, 0) is 36.4 Å². The quantitative estimate of drug-likeness (QED) is 0.756. The van der Waals surface area contributed by atoms with Gasteiger partial charge < -0.3 is 20.4 Å². The van der Waals surface area contributed by atoms with Gasteiger partial charge in [-0.15, -0.1) is 0 Å². The van der Waals surface area contributed by atoms with Gasteiger partial charge in [0.25, 0.3) is 11.8 Å². The second-order valence-corrected chi connectivity index (χ2v) is 6.73. The predicted octanol–water partition coefficient (Wildman–Crippen LogP) is 1.81. The Hall–Kier alpha value is -3.68. The van der Waals surface area contributed by atoms with Crippen molar-refractivity contribution in [3.63, 3.8) is 0 Å². The standard InChI is InChI=1S/C21H22N4O4/c1-15(27)22-18-6-3-7-19(13-18)23-20(28)16-4-2-5-17(12-16)21(29)25-10-8-24(14-26)9-11-25/h2-7,12-14H,8-11H2,1H3,(H,22,27)(H,23,28). The van der Waals surface area contributed by atoms with E-state index in [1.54, 1.807) is 58.3 Å². The first kappa shape index (κ1) is 20.1. The monoisotopic (exact) mass is 394 g/mol. The van der Waals surface area contributed by atoms with Gasteiger partial charge in [0.05, 0.1) is 0 Å². The van der Waals surface area contributed by atoms with Crippen LogP contribution in [0.25, 0.3) is 0 Å². The van der Waals surface area contributed by atoms with Gasteiger partial charge in [0.15, 0.2) is 0 Å². The molecule has 8 nitrogen and oxygen atoms in total. The van der Waals surface area contributed by atoms with E-state index in [1.807, 2.05) is 0 Å². The maximum absolute atomic E-state index is 12.7. The fourth-order valence-electron chi connectivity index (χ4n) is 3.09. The molecule has 29 heavy (non-hydrogen) atoms. The van der Waals surface area contributed by atoms with Crippen molar-refractivity contribution in [2.24, 2.45) is 0 Å². The highest BCUT2D eigenvalue weighted by molar-refractivity contribution is 6.06. The van der Waals surface area contributed by atoms with E-state index in [9.17, 15) is 19.2 Å². The van der Waals surface area contributed by atoms with Crippen molar-refractivity contribution in [1.29, 1.82) is 0 Å². The summed E-state index contributed by atoms with van der Waals surface area (Å²) in [4.78, 5) is 50.6. The van der Waals surface area contributed by atoms with E-state index in [-0.39, 0.29) is 17.7 Å². The Morgan fingerprint density at radius 3 is 2.14 bits per heavy atom. The number of hydrogen-bond donors (Lipinski definition) is 2. The van der Waals surface area contributed by atoms with Crippen molar-refractivity contribution in [2.75, 3.05) is 36.8 Å². The van der Waals surface area contributed by atoms with Gasteiger partial charge >= 0.3 is 0 Å². The number of anilines is 2. The highest BCUT2D eigenvalue weighted by Crippen LogP contribution is 2.17. The van der Waals surface area contributed by atoms with Gasteiger partial charge in [-0.25, -0.2) is 0 Å². The van der Waals surface area contributed by atoms with Crippen LogP contribution < -0.4 is 10.6 Å². The minimum Gasteiger partial charge on any atom is -0.342 e. The van der Waals surface area contributed by atoms with Gasteiger partial charge in [-0.3, -0.25) is 19.2 Å². The Morgan fingerprint density at radius 1 is 0.862 bits per heavy atom. The molecular formula is C21H22N4O4. The summed E-state index contributed by atoms with van der Waals surface area (Å²) in [6.45, 7) is 3.33. The number of amides is 4. The zero-order valence-electron chi connectivity index (χ0n) is 16.1. The molecular weight excluding hydrogens is 372 g/mol. The zero-order chi connectivity index (χ0) is 20.8. The van der Waals surface area contributed by atoms with Gasteiger partial charge in [0.2, 0.25) is 12.3 Å². The second-order valence-electron chi connectivity index (χ2n) is 6.73. The third kappa shape index (κ3) is 5.19. The van der Waals surface area contributed by atoms with Crippen molar-refractivity contribution >= 4 is 35.5 Å². The van der Waals surface area contributed by atoms with Crippen LogP contribution in [0.5, 0.6) is 0 Å². The summed E-state index contributed by atoms with van der Waals surface area (Å²) in [5.41, 5.74) is 1.88. The molecule has 0 unspecified atom stereocenters. The molecule has 8 heteroatoms. The number of carbonyl (C=O) groups excluding carboxylic acids is 4. The molecule has 0 spiro atoms. The Morgan fingerprint density at radius 2 is 1.48 bits per heavy atom. The molecule has 2 aromatic carbocycles. The number of hydrogen-bond acceptors (Lipinski definition) is 4. The lowest BCUT2D eigenvalue weighted by molar-refractivity contribution is -0.119. The maximum atomic E-state index is 12.7. The molecule has 0 bridgehead atoms. The Balaban J connectivity index is 1.69. The smallest absolute Gasteiger partial charge is 0.255 e. The van der Waals surface area contributed by atoms with Crippen molar-refractivity contribution in [2.45, 2.75) is 6.92 Å². The molecule has 0 aromatic heterocycles. The summed E-state index contributed by atoms with van der Waals surface area (Å²) in [6.07, 6.45) is 0.785. The first-order valence-electron chi connectivity index (χ1n) is 9.24. The third-order valence-corrected chi connectivity index (χ3v) is 4.56. The van der Waals surface area contributed by atoms with E-state index in [4.69, 9.17) is 0 Å². The molecule has 150 valence electrons. The molecule has 0 radical (unpaired) electrons. The first-order valence-corrected chi connectivity index (χ1v) is 9.24. The van der Waals surface area contributed by atoms with Crippen molar-refractivity contribution in [3.05, 3.63) is 59.7 Å². The number of benzene rings is 2. The lowest BCUT2D eigenvalue weighted by atomic mass is 10.1. The van der Waals surface area contributed by atoms with Gasteiger partial charge in [-0.2, -0.15) is 0 Å². The summed E-state index contributed by atoms with van der Waals surface area (Å²) < 4.78 is 0. The minimum absolute atomic E-state index is 0.169. The number of rotatable bonds is 5. The molecule has 1 aliphatic heterocycles. The van der Waals surface area contributed by atoms with E-state index in [2.05, 4.69) is 10.6 Å². The van der Waals surface area contributed by atoms with E-state index >= 15 is 0 Å². The molecule has 1 aliphatic rings. The van der Waals surface area contributed by atoms with Crippen LogP contribution in [0.2, 0.25) is 0 Å². The Kier molecular flexibility index (Phi) is 6.23. The van der Waals surface area contributed by atoms with Crippen LogP contribution in [-0.4, -0.2) is 60.1 Å². The summed E-state index contributed by atoms with van der Waals surface area (Å²) in [7, 11) is 0. The van der Waals surface area contributed by atoms with E-state index in [0.29, 0.717) is 48.7 Å². The minimum atomic E-state index is -0.356. The molecule has 2 N–H and O–H groups in total. The van der Waals surface area contributed by atoms with Gasteiger partial charge in [-0.1, -0.05) is 12.1 Å². The Bertz CT molecular complexity index is 936. The number of piperazine rings is 1. The van der Waals surface area contributed by atoms with Crippen LogP contribution in [0, 0.1) is 0 Å². The second kappa shape index (κ2) is 9.01. The summed E-state index contributed by atoms with van der Waals surface area (Å²) in [5.74, 6) is -0.725. The third-order valence-electron chi connectivity index (χ3n) is 4.56. The topological polar surface area (TPSA) is 98.8 Å². The van der Waals surface area contributed by atoms with E-state index < -0.39 is 0 Å². The van der Waals surface area contributed by atoms with Crippen molar-refractivity contribution < 1.29 is 19.2 Å². The lowest BCUT2D eigenvalue weighted by Crippen LogP contribution is -2.48. The van der Waals surface area contributed by atoms with Crippen molar-refractivity contribution in [3.8, 4) is 0 Å². The number of nitrogens with zero attached hydrogens (tertiary/aromatic N) is 2. The fourth-order valence-corrected chi connectivity index (χ4v) is 3.09. The molecule has 0 atom stereocenters. The summed E-state index contributed by atoms with van der Waals surface area (Å²) in [5, 5.41) is 5.43. The van der Waals surface area contributed by atoms with Gasteiger partial charge in [0.1, 0.15) is 0 Å². The average molecular weight is 394 g/mol. The zero-order valence-corrected chi connectivity index (χ0v) is 16.1. The van der Waals surface area contributed by atoms with E-state index in [1.165, 1.54) is 6.92 Å². The van der Waals surface area contributed by atoms with Crippen LogP contribution in [0.3, 0.4) is 0 Å². The van der Waals surface area contributed by atoms with Gasteiger partial charge in [0, 0.05) is 55.6 Å². The van der Waals surface area contributed by atoms with E-state index in [0.717, 1.165) is 6.41 Å². The molecule has 0 aliphatic carbocycles. The molecule has 2 aromatic rings. The van der Waals surface area contributed by atoms with Crippen LogP contribution in [0.1, 0.15) is 27.6 Å². The molecule has 3 rings (SSSR count). The fraction of sp³-hybridized carbons (Fsp3) is 0.238. The highest BCUT2D eigenvalue weighted by atomic mass is 16.2. The highest BCUT2D eigenvalue weighted by Gasteiger charge is 2.22. The van der Waals surface area contributed by atoms with Crippen molar-refractivity contribution in [1.82, 2.24) is 9.80 Å². The molecule has 1 fully saturated rings. The maximum Gasteiger partial charge on any atom is 0.255 e. The molecule has 0 saturated carbocycles. The largest absolute Gasteiger partial charge is 0.342 e. The van der Waals surface area contributed by atoms with Crippen LogP contribution in [-0.2, 0) is 9.59 Å². The molecule has 1 heterocycles. The number of nitrogens with one attached hydrogen (secondary N) is 2. The first-order chi connectivity index (χ1) is 14.0. The lowest BCUT2D eigenvalue weighted by Gasteiger charge is -2.32. The predicted molar refractivity (Wildman–Crippen MR) is 109 cm³/mol. The van der Waals surface area contributed by atoms with Crippen LogP contribution >= 0.6 is 0 Å². The van der Waals surface area contributed by atoms with Crippen LogP contribution in [0.4, 0.5) is 11.4 Å².